The maximum Gasteiger partial charge on any atom is 0.337 e. The zero-order valence-electron chi connectivity index (χ0n) is 25.9. The highest BCUT2D eigenvalue weighted by Crippen LogP contribution is 2.44. The minimum atomic E-state index is -1.09. The second kappa shape index (κ2) is 12.0. The SMILES string of the molecule is Cc1ccc(-c2c(C)c3c(c(C)c2C(OC(C)(C)C)C(=O)O)CN(Cc2cccc(C(=O)N4CCCCC4)c2)C3)cc1. The molecular weight excluding hydrogens is 524 g/mol. The van der Waals surface area contributed by atoms with Crippen LogP contribution in [0.1, 0.15) is 95.4 Å². The van der Waals surface area contributed by atoms with Crippen LogP contribution in [0.3, 0.4) is 0 Å². The van der Waals surface area contributed by atoms with E-state index in [0.29, 0.717) is 6.54 Å². The van der Waals surface area contributed by atoms with Crippen molar-refractivity contribution >= 4 is 11.9 Å². The third-order valence-corrected chi connectivity index (χ3v) is 8.60. The molecule has 1 saturated heterocycles. The van der Waals surface area contributed by atoms with Gasteiger partial charge in [0.05, 0.1) is 5.60 Å². The Kier molecular flexibility index (Phi) is 8.58. The molecule has 6 heteroatoms. The van der Waals surface area contributed by atoms with Gasteiger partial charge in [0.1, 0.15) is 0 Å². The first-order valence-electron chi connectivity index (χ1n) is 15.2. The molecular formula is C36H44N2O4. The number of ether oxygens (including phenoxy) is 1. The first-order valence-corrected chi connectivity index (χ1v) is 15.2. The smallest absolute Gasteiger partial charge is 0.337 e. The fourth-order valence-electron chi connectivity index (χ4n) is 6.55. The topological polar surface area (TPSA) is 70.1 Å². The maximum absolute atomic E-state index is 13.2. The molecule has 0 bridgehead atoms. The summed E-state index contributed by atoms with van der Waals surface area (Å²) >= 11 is 0. The number of nitrogens with zero attached hydrogens (tertiary/aromatic N) is 2. The molecule has 1 atom stereocenters. The number of aryl methyl sites for hydroxylation is 1. The van der Waals surface area contributed by atoms with Crippen LogP contribution in [-0.4, -0.2) is 45.5 Å². The normalized spacial score (nSPS) is 16.4. The summed E-state index contributed by atoms with van der Waals surface area (Å²) in [5.41, 5.74) is 9.63. The van der Waals surface area contributed by atoms with Gasteiger partial charge in [-0.25, -0.2) is 4.79 Å². The molecule has 1 N–H and O–H groups in total. The lowest BCUT2D eigenvalue weighted by molar-refractivity contribution is -0.160. The molecule has 42 heavy (non-hydrogen) atoms. The Morgan fingerprint density at radius 3 is 2.17 bits per heavy atom. The lowest BCUT2D eigenvalue weighted by atomic mass is 9.83. The number of carbonyl (C=O) groups excluding carboxylic acids is 1. The van der Waals surface area contributed by atoms with E-state index in [1.807, 2.05) is 43.9 Å². The number of carboxylic acid groups (broad SMARTS) is 1. The number of aliphatic carboxylic acids is 1. The molecule has 3 aromatic carbocycles. The van der Waals surface area contributed by atoms with Crippen molar-refractivity contribution in [3.8, 4) is 11.1 Å². The van der Waals surface area contributed by atoms with Gasteiger partial charge in [0, 0.05) is 43.9 Å². The molecule has 0 spiro atoms. The summed E-state index contributed by atoms with van der Waals surface area (Å²) in [5.74, 6) is -0.857. The highest BCUT2D eigenvalue weighted by Gasteiger charge is 2.35. The van der Waals surface area contributed by atoms with Crippen LogP contribution in [0.4, 0.5) is 0 Å². The second-order valence-electron chi connectivity index (χ2n) is 13.0. The lowest BCUT2D eigenvalue weighted by Gasteiger charge is -2.30. The van der Waals surface area contributed by atoms with Crippen LogP contribution in [-0.2, 0) is 29.2 Å². The van der Waals surface area contributed by atoms with Gasteiger partial charge < -0.3 is 14.7 Å². The predicted molar refractivity (Wildman–Crippen MR) is 166 cm³/mol. The molecule has 0 aliphatic carbocycles. The number of amides is 1. The number of carboxylic acids is 1. The van der Waals surface area contributed by atoms with Crippen LogP contribution in [0.5, 0.6) is 0 Å². The summed E-state index contributed by atoms with van der Waals surface area (Å²) in [7, 11) is 0. The number of rotatable bonds is 7. The van der Waals surface area contributed by atoms with E-state index in [2.05, 4.69) is 56.0 Å². The molecule has 2 aliphatic rings. The summed E-state index contributed by atoms with van der Waals surface area (Å²) in [6.07, 6.45) is 2.26. The molecule has 1 fully saturated rings. The third-order valence-electron chi connectivity index (χ3n) is 8.60. The zero-order chi connectivity index (χ0) is 30.2. The van der Waals surface area contributed by atoms with E-state index in [9.17, 15) is 14.7 Å². The van der Waals surface area contributed by atoms with Crippen molar-refractivity contribution in [1.29, 1.82) is 0 Å². The monoisotopic (exact) mass is 568 g/mol. The van der Waals surface area contributed by atoms with Crippen molar-refractivity contribution < 1.29 is 19.4 Å². The first-order chi connectivity index (χ1) is 19.9. The third kappa shape index (κ3) is 6.30. The van der Waals surface area contributed by atoms with Gasteiger partial charge in [-0.05, 0) is 112 Å². The highest BCUT2D eigenvalue weighted by atomic mass is 16.5. The Balaban J connectivity index is 1.50. The van der Waals surface area contributed by atoms with E-state index >= 15 is 0 Å². The molecule has 2 heterocycles. The Bertz CT molecular complexity index is 1480. The summed E-state index contributed by atoms with van der Waals surface area (Å²) in [6.45, 7) is 15.8. The van der Waals surface area contributed by atoms with Crippen molar-refractivity contribution in [1.82, 2.24) is 9.80 Å². The fraction of sp³-hybridized carbons (Fsp3) is 0.444. The number of hydrogen-bond donors (Lipinski definition) is 1. The van der Waals surface area contributed by atoms with E-state index in [0.717, 1.165) is 83.5 Å². The molecule has 222 valence electrons. The Morgan fingerprint density at radius 1 is 0.905 bits per heavy atom. The van der Waals surface area contributed by atoms with Crippen LogP contribution < -0.4 is 0 Å². The summed E-state index contributed by atoms with van der Waals surface area (Å²) in [5, 5.41) is 10.4. The minimum Gasteiger partial charge on any atom is -0.479 e. The van der Waals surface area contributed by atoms with Crippen LogP contribution in [0.25, 0.3) is 11.1 Å². The van der Waals surface area contributed by atoms with E-state index in [4.69, 9.17) is 4.74 Å². The predicted octanol–water partition coefficient (Wildman–Crippen LogP) is 7.36. The van der Waals surface area contributed by atoms with Gasteiger partial charge in [-0.15, -0.1) is 0 Å². The van der Waals surface area contributed by atoms with Crippen LogP contribution >= 0.6 is 0 Å². The van der Waals surface area contributed by atoms with Crippen molar-refractivity contribution in [2.24, 2.45) is 0 Å². The molecule has 3 aromatic rings. The Morgan fingerprint density at radius 2 is 1.55 bits per heavy atom. The number of carbonyl (C=O) groups is 2. The molecule has 0 aromatic heterocycles. The largest absolute Gasteiger partial charge is 0.479 e. The quantitative estimate of drug-likeness (QED) is 0.322. The van der Waals surface area contributed by atoms with Gasteiger partial charge in [-0.2, -0.15) is 0 Å². The molecule has 1 unspecified atom stereocenters. The van der Waals surface area contributed by atoms with E-state index in [1.165, 1.54) is 17.5 Å². The van der Waals surface area contributed by atoms with Gasteiger partial charge in [-0.1, -0.05) is 42.0 Å². The number of piperidine rings is 1. The van der Waals surface area contributed by atoms with Crippen molar-refractivity contribution in [3.05, 3.63) is 93.0 Å². The van der Waals surface area contributed by atoms with Gasteiger partial charge in [0.2, 0.25) is 0 Å². The van der Waals surface area contributed by atoms with Gasteiger partial charge in [0.15, 0.2) is 6.10 Å². The van der Waals surface area contributed by atoms with Crippen molar-refractivity contribution in [3.63, 3.8) is 0 Å². The van der Waals surface area contributed by atoms with E-state index < -0.39 is 17.7 Å². The maximum atomic E-state index is 13.2. The van der Waals surface area contributed by atoms with Gasteiger partial charge >= 0.3 is 5.97 Å². The Hall–Kier alpha value is -3.48. The molecule has 6 nitrogen and oxygen atoms in total. The first kappa shape index (κ1) is 30.0. The second-order valence-corrected chi connectivity index (χ2v) is 13.0. The zero-order valence-corrected chi connectivity index (χ0v) is 25.9. The van der Waals surface area contributed by atoms with Crippen molar-refractivity contribution in [2.75, 3.05) is 13.1 Å². The summed E-state index contributed by atoms with van der Waals surface area (Å²) < 4.78 is 6.23. The number of benzene rings is 3. The van der Waals surface area contributed by atoms with Crippen LogP contribution in [0.15, 0.2) is 48.5 Å². The Labute approximate surface area is 250 Å². The average Bonchev–Trinajstić information content (AvgIpc) is 3.38. The van der Waals surface area contributed by atoms with Crippen LogP contribution in [0, 0.1) is 20.8 Å². The molecule has 5 rings (SSSR count). The molecule has 0 saturated carbocycles. The number of hydrogen-bond acceptors (Lipinski definition) is 4. The summed E-state index contributed by atoms with van der Waals surface area (Å²) in [4.78, 5) is 30.2. The minimum absolute atomic E-state index is 0.124. The lowest BCUT2D eigenvalue weighted by Crippen LogP contribution is -2.35. The number of fused-ring (bicyclic) bond motifs is 1. The van der Waals surface area contributed by atoms with Crippen molar-refractivity contribution in [2.45, 2.75) is 92.1 Å². The van der Waals surface area contributed by atoms with Crippen LogP contribution in [0.2, 0.25) is 0 Å². The highest BCUT2D eigenvalue weighted by molar-refractivity contribution is 5.94. The number of likely N-dealkylation sites (tertiary alicyclic amines) is 1. The molecule has 1 amide bonds. The summed E-state index contributed by atoms with van der Waals surface area (Å²) in [6, 6.07) is 16.4. The average molecular weight is 569 g/mol. The van der Waals surface area contributed by atoms with E-state index in [1.54, 1.807) is 0 Å². The fourth-order valence-corrected chi connectivity index (χ4v) is 6.55. The molecule has 2 aliphatic heterocycles. The molecule has 0 radical (unpaired) electrons. The standard InChI is InChI=1S/C36H44N2O4/c1-23-13-15-27(16-14-23)31-24(2)29-21-37(22-30(29)25(3)32(31)33(35(40)41)42-36(4,5)6)20-26-11-10-12-28(19-26)34(39)38-17-8-7-9-18-38/h10-16,19,33H,7-9,17-18,20-22H2,1-6H3,(H,40,41). The van der Waals surface area contributed by atoms with Gasteiger partial charge in [0.25, 0.3) is 5.91 Å². The van der Waals surface area contributed by atoms with E-state index in [-0.39, 0.29) is 5.91 Å². The van der Waals surface area contributed by atoms with Gasteiger partial charge in [-0.3, -0.25) is 9.69 Å².